The van der Waals surface area contributed by atoms with E-state index in [1.165, 1.54) is 18.4 Å². The number of anilines is 2. The minimum absolute atomic E-state index is 0.195. The maximum Gasteiger partial charge on any atom is 0.322 e. The molecule has 162 valence electrons. The first-order chi connectivity index (χ1) is 15.0. The zero-order valence-electron chi connectivity index (χ0n) is 17.2. The lowest BCUT2D eigenvalue weighted by atomic mass is 10.2. The first kappa shape index (κ1) is 20.7. The van der Waals surface area contributed by atoms with Gasteiger partial charge >= 0.3 is 6.03 Å². The van der Waals surface area contributed by atoms with Gasteiger partial charge in [0.05, 0.1) is 32.1 Å². The molecule has 1 aliphatic heterocycles. The molecule has 11 heteroatoms. The number of benzene rings is 1. The normalized spacial score (nSPS) is 12.8. The van der Waals surface area contributed by atoms with E-state index < -0.39 is 0 Å². The van der Waals surface area contributed by atoms with Crippen molar-refractivity contribution < 1.29 is 23.6 Å². The fourth-order valence-corrected chi connectivity index (χ4v) is 4.17. The van der Waals surface area contributed by atoms with E-state index in [-0.39, 0.29) is 17.6 Å². The van der Waals surface area contributed by atoms with Gasteiger partial charge in [0, 0.05) is 30.0 Å². The van der Waals surface area contributed by atoms with Gasteiger partial charge in [0.25, 0.3) is 5.91 Å². The van der Waals surface area contributed by atoms with Crippen molar-refractivity contribution in [2.75, 3.05) is 31.4 Å². The van der Waals surface area contributed by atoms with Crippen molar-refractivity contribution in [2.45, 2.75) is 19.9 Å². The molecule has 3 aromatic rings. The van der Waals surface area contributed by atoms with Crippen molar-refractivity contribution in [2.24, 2.45) is 0 Å². The fourth-order valence-electron chi connectivity index (χ4n) is 3.15. The molecule has 3 amide bonds. The fraction of sp³-hybridized carbons (Fsp3) is 0.300. The number of rotatable bonds is 5. The summed E-state index contributed by atoms with van der Waals surface area (Å²) in [6.07, 6.45) is 0.595. The van der Waals surface area contributed by atoms with Crippen molar-refractivity contribution in [3.63, 3.8) is 0 Å². The van der Waals surface area contributed by atoms with Crippen molar-refractivity contribution in [1.29, 1.82) is 0 Å². The Bertz CT molecular complexity index is 1130. The third-order valence-electron chi connectivity index (χ3n) is 4.75. The Morgan fingerprint density at radius 3 is 2.74 bits per heavy atom. The summed E-state index contributed by atoms with van der Waals surface area (Å²) < 4.78 is 15.4. The van der Waals surface area contributed by atoms with E-state index in [9.17, 15) is 9.59 Å². The number of fused-ring (bicyclic) bond motifs is 1. The Kier molecular flexibility index (Phi) is 5.76. The predicted molar refractivity (Wildman–Crippen MR) is 114 cm³/mol. The van der Waals surface area contributed by atoms with Crippen molar-refractivity contribution in [1.82, 2.24) is 15.0 Å². The highest BCUT2D eigenvalue weighted by Crippen LogP contribution is 2.31. The van der Waals surface area contributed by atoms with E-state index in [0.29, 0.717) is 47.6 Å². The summed E-state index contributed by atoms with van der Waals surface area (Å²) in [5.41, 5.74) is 1.63. The van der Waals surface area contributed by atoms with Crippen LogP contribution in [-0.4, -0.2) is 47.7 Å². The highest BCUT2D eigenvalue weighted by atomic mass is 32.1. The van der Waals surface area contributed by atoms with Crippen LogP contribution in [-0.2, 0) is 13.0 Å². The maximum absolute atomic E-state index is 12.8. The first-order valence-corrected chi connectivity index (χ1v) is 10.3. The van der Waals surface area contributed by atoms with Gasteiger partial charge in [0.2, 0.25) is 0 Å². The van der Waals surface area contributed by atoms with E-state index in [1.807, 2.05) is 0 Å². The highest BCUT2D eigenvalue weighted by molar-refractivity contribution is 7.15. The SMILES string of the molecule is COc1ccc(NC(=O)N2CCc3nc(NC(=O)c4cc(C)on4)sc3C2)c(OC)c1. The molecule has 10 nitrogen and oxygen atoms in total. The zero-order valence-corrected chi connectivity index (χ0v) is 18.0. The van der Waals surface area contributed by atoms with Gasteiger partial charge in [-0.25, -0.2) is 9.78 Å². The van der Waals surface area contributed by atoms with Crippen LogP contribution in [0.25, 0.3) is 0 Å². The number of thiazole rings is 1. The van der Waals surface area contributed by atoms with Crippen LogP contribution in [0.3, 0.4) is 0 Å². The van der Waals surface area contributed by atoms with Gasteiger partial charge in [-0.1, -0.05) is 16.5 Å². The molecule has 0 fully saturated rings. The third-order valence-corrected chi connectivity index (χ3v) is 5.75. The monoisotopic (exact) mass is 443 g/mol. The van der Waals surface area contributed by atoms with E-state index in [2.05, 4.69) is 20.8 Å². The summed E-state index contributed by atoms with van der Waals surface area (Å²) >= 11 is 1.34. The van der Waals surface area contributed by atoms with Crippen molar-refractivity contribution in [3.05, 3.63) is 46.3 Å². The van der Waals surface area contributed by atoms with Gasteiger partial charge in [0.15, 0.2) is 10.8 Å². The van der Waals surface area contributed by atoms with E-state index in [0.717, 1.165) is 10.6 Å². The quantitative estimate of drug-likeness (QED) is 0.621. The molecule has 0 aliphatic carbocycles. The zero-order chi connectivity index (χ0) is 22.0. The summed E-state index contributed by atoms with van der Waals surface area (Å²) in [6, 6.07) is 6.50. The molecule has 0 unspecified atom stereocenters. The number of amides is 3. The van der Waals surface area contributed by atoms with Crippen LogP contribution in [0.2, 0.25) is 0 Å². The number of methoxy groups -OCH3 is 2. The number of carbonyl (C=O) groups is 2. The second kappa shape index (κ2) is 8.64. The van der Waals surface area contributed by atoms with Crippen LogP contribution in [0.1, 0.15) is 26.8 Å². The molecular formula is C20H21N5O5S. The van der Waals surface area contributed by atoms with E-state index >= 15 is 0 Å². The summed E-state index contributed by atoms with van der Waals surface area (Å²) in [7, 11) is 3.10. The molecular weight excluding hydrogens is 422 g/mol. The number of aromatic nitrogens is 2. The second-order valence-electron chi connectivity index (χ2n) is 6.83. The molecule has 0 saturated carbocycles. The predicted octanol–water partition coefficient (Wildman–Crippen LogP) is 3.30. The average molecular weight is 443 g/mol. The van der Waals surface area contributed by atoms with Crippen LogP contribution >= 0.6 is 11.3 Å². The van der Waals surface area contributed by atoms with Gasteiger partial charge in [-0.2, -0.15) is 0 Å². The topological polar surface area (TPSA) is 119 Å². The second-order valence-corrected chi connectivity index (χ2v) is 7.92. The van der Waals surface area contributed by atoms with Crippen LogP contribution in [0.5, 0.6) is 11.5 Å². The molecule has 0 radical (unpaired) electrons. The van der Waals surface area contributed by atoms with Gasteiger partial charge in [-0.05, 0) is 19.1 Å². The molecule has 2 N–H and O–H groups in total. The molecule has 2 aromatic heterocycles. The lowest BCUT2D eigenvalue weighted by molar-refractivity contribution is 0.101. The minimum Gasteiger partial charge on any atom is -0.497 e. The Balaban J connectivity index is 1.42. The third kappa shape index (κ3) is 4.45. The molecule has 0 saturated heterocycles. The van der Waals surface area contributed by atoms with Crippen LogP contribution in [0, 0.1) is 6.92 Å². The summed E-state index contributed by atoms with van der Waals surface area (Å²) in [5, 5.41) is 9.79. The lowest BCUT2D eigenvalue weighted by Crippen LogP contribution is -2.38. The smallest absolute Gasteiger partial charge is 0.322 e. The molecule has 0 bridgehead atoms. The summed E-state index contributed by atoms with van der Waals surface area (Å²) in [4.78, 5) is 32.2. The molecule has 1 aliphatic rings. The number of carbonyl (C=O) groups excluding carboxylic acids is 2. The summed E-state index contributed by atoms with van der Waals surface area (Å²) in [6.45, 7) is 2.63. The maximum atomic E-state index is 12.8. The number of ether oxygens (including phenoxy) is 2. The number of aryl methyl sites for hydroxylation is 1. The molecule has 0 atom stereocenters. The number of hydrogen-bond donors (Lipinski definition) is 2. The van der Waals surface area contributed by atoms with Gasteiger partial charge in [-0.3, -0.25) is 10.1 Å². The molecule has 31 heavy (non-hydrogen) atoms. The van der Waals surface area contributed by atoms with Gasteiger partial charge in [-0.15, -0.1) is 0 Å². The molecule has 0 spiro atoms. The van der Waals surface area contributed by atoms with Gasteiger partial charge in [0.1, 0.15) is 17.3 Å². The summed E-state index contributed by atoms with van der Waals surface area (Å²) in [5.74, 6) is 1.32. The molecule has 1 aromatic carbocycles. The largest absolute Gasteiger partial charge is 0.497 e. The van der Waals surface area contributed by atoms with Crippen molar-refractivity contribution in [3.8, 4) is 11.5 Å². The standard InChI is InChI=1S/C20H21N5O5S/c1-11-8-15(24-30-11)18(26)23-19-21-14-6-7-25(10-17(14)31-19)20(27)22-13-5-4-12(28-2)9-16(13)29-3/h4-5,8-9H,6-7,10H2,1-3H3,(H,22,27)(H,21,23,26). The van der Waals surface area contributed by atoms with E-state index in [1.54, 1.807) is 43.2 Å². The van der Waals surface area contributed by atoms with Crippen LogP contribution in [0.4, 0.5) is 15.6 Å². The Labute approximate surface area is 182 Å². The minimum atomic E-state index is -0.385. The lowest BCUT2D eigenvalue weighted by Gasteiger charge is -2.26. The van der Waals surface area contributed by atoms with E-state index in [4.69, 9.17) is 14.0 Å². The van der Waals surface area contributed by atoms with Crippen molar-refractivity contribution >= 4 is 34.1 Å². The number of nitrogens with one attached hydrogen (secondary N) is 2. The Morgan fingerprint density at radius 2 is 2.03 bits per heavy atom. The van der Waals surface area contributed by atoms with Crippen LogP contribution < -0.4 is 20.1 Å². The van der Waals surface area contributed by atoms with Crippen LogP contribution in [0.15, 0.2) is 28.8 Å². The Morgan fingerprint density at radius 1 is 1.19 bits per heavy atom. The number of hydrogen-bond acceptors (Lipinski definition) is 8. The molecule has 4 rings (SSSR count). The Hall–Kier alpha value is -3.60. The highest BCUT2D eigenvalue weighted by Gasteiger charge is 2.25. The molecule has 3 heterocycles. The number of urea groups is 1. The van der Waals surface area contributed by atoms with Gasteiger partial charge < -0.3 is 24.2 Å². The average Bonchev–Trinajstić information content (AvgIpc) is 3.38. The first-order valence-electron chi connectivity index (χ1n) is 9.48. The number of nitrogens with zero attached hydrogens (tertiary/aromatic N) is 3.